The number of rotatable bonds is 6. The average molecular weight is 353 g/mol. The highest BCUT2D eigenvalue weighted by atomic mass is 35.5. The molecule has 0 saturated heterocycles. The molecule has 0 unspecified atom stereocenters. The largest absolute Gasteiger partial charge is 0.352 e. The van der Waals surface area contributed by atoms with Crippen LogP contribution < -0.4 is 10.0 Å². The lowest BCUT2D eigenvalue weighted by atomic mass is 10.2. The van der Waals surface area contributed by atoms with Crippen LogP contribution in [0.4, 0.5) is 0 Å². The fraction of sp³-hybridized carbons (Fsp3) is 0.462. The summed E-state index contributed by atoms with van der Waals surface area (Å²) in [5.41, 5.74) is 0. The van der Waals surface area contributed by atoms with Crippen LogP contribution in [0.15, 0.2) is 23.1 Å². The van der Waals surface area contributed by atoms with Crippen LogP contribution in [0.5, 0.6) is 0 Å². The summed E-state index contributed by atoms with van der Waals surface area (Å²) in [6, 6.07) is 3.17. The predicted molar refractivity (Wildman–Crippen MR) is 84.1 cm³/mol. The van der Waals surface area contributed by atoms with Gasteiger partial charge in [0.1, 0.15) is 4.90 Å². The van der Waals surface area contributed by atoms with Crippen LogP contribution in [0.25, 0.3) is 0 Å². The number of hydrogen-bond donors (Lipinski definition) is 2. The van der Waals surface area contributed by atoms with E-state index >= 15 is 0 Å². The normalized spacial score (nSPS) is 14.5. The lowest BCUT2D eigenvalue weighted by Crippen LogP contribution is -2.47. The van der Waals surface area contributed by atoms with Gasteiger partial charge in [0.2, 0.25) is 15.9 Å². The molecule has 0 heterocycles. The first-order chi connectivity index (χ1) is 9.67. The molecule has 0 fully saturated rings. The summed E-state index contributed by atoms with van der Waals surface area (Å²) < 4.78 is 26.8. The molecule has 0 saturated carbocycles. The SMILES string of the molecule is CC[C@@H](C)NC(=O)[C@@H](C)NS(=O)(=O)c1cc(Cl)ccc1Cl. The van der Waals surface area contributed by atoms with E-state index in [-0.39, 0.29) is 21.0 Å². The summed E-state index contributed by atoms with van der Waals surface area (Å²) >= 11 is 11.7. The van der Waals surface area contributed by atoms with E-state index in [4.69, 9.17) is 23.2 Å². The minimum Gasteiger partial charge on any atom is -0.352 e. The number of amides is 1. The molecular formula is C13H18Cl2N2O3S. The zero-order valence-corrected chi connectivity index (χ0v) is 14.3. The van der Waals surface area contributed by atoms with Crippen LogP contribution in [-0.2, 0) is 14.8 Å². The Kier molecular flexibility index (Phi) is 6.46. The van der Waals surface area contributed by atoms with Crippen LogP contribution in [0.2, 0.25) is 10.0 Å². The Balaban J connectivity index is 2.90. The molecule has 5 nitrogen and oxygen atoms in total. The molecule has 21 heavy (non-hydrogen) atoms. The van der Waals surface area contributed by atoms with Crippen molar-refractivity contribution in [1.29, 1.82) is 0 Å². The number of benzene rings is 1. The molecule has 1 aromatic rings. The monoisotopic (exact) mass is 352 g/mol. The smallest absolute Gasteiger partial charge is 0.242 e. The number of sulfonamides is 1. The highest BCUT2D eigenvalue weighted by Gasteiger charge is 2.24. The van der Waals surface area contributed by atoms with Crippen molar-refractivity contribution >= 4 is 39.1 Å². The Labute approximate surface area is 135 Å². The van der Waals surface area contributed by atoms with Gasteiger partial charge in [-0.3, -0.25) is 4.79 Å². The van der Waals surface area contributed by atoms with Gasteiger partial charge in [-0.2, -0.15) is 4.72 Å². The summed E-state index contributed by atoms with van der Waals surface area (Å²) in [5.74, 6) is -0.397. The quantitative estimate of drug-likeness (QED) is 0.825. The number of halogens is 2. The van der Waals surface area contributed by atoms with Gasteiger partial charge in [-0.25, -0.2) is 8.42 Å². The lowest BCUT2D eigenvalue weighted by molar-refractivity contribution is -0.122. The van der Waals surface area contributed by atoms with Crippen molar-refractivity contribution in [2.75, 3.05) is 0 Å². The molecule has 2 N–H and O–H groups in total. The third-order valence-corrected chi connectivity index (χ3v) is 5.17. The molecule has 1 amide bonds. The minimum absolute atomic E-state index is 0.0285. The molecular weight excluding hydrogens is 335 g/mol. The van der Waals surface area contributed by atoms with Crippen LogP contribution >= 0.6 is 23.2 Å². The number of hydrogen-bond acceptors (Lipinski definition) is 3. The third kappa shape index (κ3) is 5.14. The number of carbonyl (C=O) groups is 1. The second kappa shape index (κ2) is 7.45. The summed E-state index contributed by atoms with van der Waals surface area (Å²) in [6.45, 7) is 5.23. The summed E-state index contributed by atoms with van der Waals surface area (Å²) in [6.07, 6.45) is 0.755. The molecule has 0 aliphatic carbocycles. The van der Waals surface area contributed by atoms with Crippen molar-refractivity contribution in [3.8, 4) is 0 Å². The molecule has 0 aromatic heterocycles. The van der Waals surface area contributed by atoms with E-state index in [2.05, 4.69) is 10.0 Å². The van der Waals surface area contributed by atoms with Gasteiger partial charge < -0.3 is 5.32 Å². The summed E-state index contributed by atoms with van der Waals surface area (Å²) in [4.78, 5) is 11.7. The van der Waals surface area contributed by atoms with Gasteiger partial charge >= 0.3 is 0 Å². The van der Waals surface area contributed by atoms with Crippen molar-refractivity contribution in [3.05, 3.63) is 28.2 Å². The molecule has 0 aliphatic rings. The van der Waals surface area contributed by atoms with Gasteiger partial charge in [-0.15, -0.1) is 0 Å². The average Bonchev–Trinajstić information content (AvgIpc) is 2.40. The standard InChI is InChI=1S/C13H18Cl2N2O3S/c1-4-8(2)16-13(18)9(3)17-21(19,20)12-7-10(14)5-6-11(12)15/h5-9,17H,4H2,1-3H3,(H,16,18)/t8-,9-/m1/s1. The van der Waals surface area contributed by atoms with Gasteiger partial charge in [0, 0.05) is 11.1 Å². The van der Waals surface area contributed by atoms with E-state index in [9.17, 15) is 13.2 Å². The Bertz CT molecular complexity index is 620. The highest BCUT2D eigenvalue weighted by molar-refractivity contribution is 7.89. The summed E-state index contributed by atoms with van der Waals surface area (Å²) in [7, 11) is -3.93. The van der Waals surface area contributed by atoms with E-state index in [1.807, 2.05) is 13.8 Å². The zero-order chi connectivity index (χ0) is 16.2. The van der Waals surface area contributed by atoms with E-state index < -0.39 is 22.0 Å². The molecule has 0 radical (unpaired) electrons. The highest BCUT2D eigenvalue weighted by Crippen LogP contribution is 2.24. The Morgan fingerprint density at radius 1 is 1.29 bits per heavy atom. The van der Waals surface area contributed by atoms with Crippen molar-refractivity contribution in [3.63, 3.8) is 0 Å². The van der Waals surface area contributed by atoms with Crippen LogP contribution in [0.3, 0.4) is 0 Å². The Morgan fingerprint density at radius 2 is 1.90 bits per heavy atom. The molecule has 0 bridgehead atoms. The molecule has 1 rings (SSSR count). The topological polar surface area (TPSA) is 75.3 Å². The first-order valence-corrected chi connectivity index (χ1v) is 8.69. The summed E-state index contributed by atoms with van der Waals surface area (Å²) in [5, 5.41) is 2.99. The minimum atomic E-state index is -3.93. The molecule has 118 valence electrons. The fourth-order valence-electron chi connectivity index (χ4n) is 1.50. The van der Waals surface area contributed by atoms with Crippen molar-refractivity contribution in [1.82, 2.24) is 10.0 Å². The zero-order valence-electron chi connectivity index (χ0n) is 12.0. The molecule has 0 spiro atoms. The van der Waals surface area contributed by atoms with Gasteiger partial charge in [-0.1, -0.05) is 30.1 Å². The van der Waals surface area contributed by atoms with Gasteiger partial charge in [0.15, 0.2) is 0 Å². The van der Waals surface area contributed by atoms with Crippen LogP contribution in [0.1, 0.15) is 27.2 Å². The number of nitrogens with one attached hydrogen (secondary N) is 2. The van der Waals surface area contributed by atoms with Crippen molar-refractivity contribution in [2.24, 2.45) is 0 Å². The first kappa shape index (κ1) is 18.2. The maximum absolute atomic E-state index is 12.2. The van der Waals surface area contributed by atoms with E-state index in [0.29, 0.717) is 0 Å². The van der Waals surface area contributed by atoms with Crippen LogP contribution in [-0.4, -0.2) is 26.4 Å². The maximum Gasteiger partial charge on any atom is 0.242 e. The molecule has 0 aliphatic heterocycles. The molecule has 2 atom stereocenters. The van der Waals surface area contributed by atoms with Gasteiger partial charge in [-0.05, 0) is 38.5 Å². The third-order valence-electron chi connectivity index (χ3n) is 2.91. The van der Waals surface area contributed by atoms with Gasteiger partial charge in [0.25, 0.3) is 0 Å². The number of carbonyl (C=O) groups excluding carboxylic acids is 1. The molecule has 1 aromatic carbocycles. The van der Waals surface area contributed by atoms with Crippen LogP contribution in [0, 0.1) is 0 Å². The van der Waals surface area contributed by atoms with Crippen molar-refractivity contribution in [2.45, 2.75) is 44.2 Å². The lowest BCUT2D eigenvalue weighted by Gasteiger charge is -2.18. The Hall–Kier alpha value is -0.820. The second-order valence-corrected chi connectivity index (χ2v) is 7.26. The van der Waals surface area contributed by atoms with E-state index in [0.717, 1.165) is 6.42 Å². The maximum atomic E-state index is 12.2. The molecule has 8 heteroatoms. The van der Waals surface area contributed by atoms with E-state index in [1.54, 1.807) is 0 Å². The van der Waals surface area contributed by atoms with Crippen molar-refractivity contribution < 1.29 is 13.2 Å². The Morgan fingerprint density at radius 3 is 2.48 bits per heavy atom. The first-order valence-electron chi connectivity index (χ1n) is 6.45. The predicted octanol–water partition coefficient (Wildman–Crippen LogP) is 2.57. The van der Waals surface area contributed by atoms with Gasteiger partial charge in [0.05, 0.1) is 11.1 Å². The fourth-order valence-corrected chi connectivity index (χ4v) is 3.47. The van der Waals surface area contributed by atoms with E-state index in [1.165, 1.54) is 25.1 Å². The second-order valence-electron chi connectivity index (χ2n) is 4.74.